The van der Waals surface area contributed by atoms with Crippen molar-refractivity contribution in [1.82, 2.24) is 5.32 Å². The Morgan fingerprint density at radius 2 is 1.38 bits per heavy atom. The molecule has 0 fully saturated rings. The van der Waals surface area contributed by atoms with Crippen molar-refractivity contribution < 1.29 is 29.0 Å². The SMILES string of the molecule is COc1ccccc1/C=C(/NC(=O)c1ccccc1)C(=O)Nc1cccc(SC(C(=O)Nc2ccc(C(=O)O)cc2)c2ccccc2)c1. The van der Waals surface area contributed by atoms with Crippen LogP contribution in [0.25, 0.3) is 6.08 Å². The Labute approximate surface area is 281 Å². The van der Waals surface area contributed by atoms with Gasteiger partial charge in [-0.25, -0.2) is 4.79 Å². The molecule has 1 atom stereocenters. The van der Waals surface area contributed by atoms with Crippen molar-refractivity contribution in [3.63, 3.8) is 0 Å². The largest absolute Gasteiger partial charge is 0.496 e. The van der Waals surface area contributed by atoms with E-state index in [9.17, 15) is 24.3 Å². The number of aromatic carboxylic acids is 1. The van der Waals surface area contributed by atoms with E-state index in [1.165, 1.54) is 43.1 Å². The summed E-state index contributed by atoms with van der Waals surface area (Å²) in [5.74, 6) is -1.86. The van der Waals surface area contributed by atoms with Crippen LogP contribution in [-0.4, -0.2) is 35.9 Å². The summed E-state index contributed by atoms with van der Waals surface area (Å²) in [5.41, 5.74) is 2.75. The van der Waals surface area contributed by atoms with Gasteiger partial charge in [0.1, 0.15) is 16.7 Å². The minimum absolute atomic E-state index is 0.00173. The highest BCUT2D eigenvalue weighted by Gasteiger charge is 2.23. The first-order valence-corrected chi connectivity index (χ1v) is 15.7. The Kier molecular flexibility index (Phi) is 11.0. The molecule has 5 rings (SSSR count). The van der Waals surface area contributed by atoms with Crippen LogP contribution in [0.1, 0.15) is 37.1 Å². The van der Waals surface area contributed by atoms with Crippen LogP contribution in [-0.2, 0) is 9.59 Å². The van der Waals surface area contributed by atoms with Crippen molar-refractivity contribution in [2.24, 2.45) is 0 Å². The average Bonchev–Trinajstić information content (AvgIpc) is 3.11. The number of carboxylic acid groups (broad SMARTS) is 1. The minimum atomic E-state index is -1.06. The number of thioether (sulfide) groups is 1. The van der Waals surface area contributed by atoms with E-state index in [0.29, 0.717) is 33.1 Å². The molecular formula is C38H31N3O6S. The van der Waals surface area contributed by atoms with Gasteiger partial charge in [-0.1, -0.05) is 72.8 Å². The van der Waals surface area contributed by atoms with E-state index >= 15 is 0 Å². The monoisotopic (exact) mass is 657 g/mol. The Morgan fingerprint density at radius 1 is 0.708 bits per heavy atom. The van der Waals surface area contributed by atoms with E-state index in [4.69, 9.17) is 4.74 Å². The van der Waals surface area contributed by atoms with Crippen LogP contribution in [0, 0.1) is 0 Å². The molecule has 0 bridgehead atoms. The van der Waals surface area contributed by atoms with Crippen LogP contribution < -0.4 is 20.7 Å². The number of anilines is 2. The second kappa shape index (κ2) is 15.9. The minimum Gasteiger partial charge on any atom is -0.496 e. The van der Waals surface area contributed by atoms with Crippen LogP contribution in [0.2, 0.25) is 0 Å². The maximum absolute atomic E-state index is 13.7. The number of carboxylic acids is 1. The van der Waals surface area contributed by atoms with Crippen LogP contribution in [0.15, 0.2) is 144 Å². The lowest BCUT2D eigenvalue weighted by Crippen LogP contribution is -2.30. The molecule has 0 saturated carbocycles. The van der Waals surface area contributed by atoms with Gasteiger partial charge in [-0.2, -0.15) is 0 Å². The van der Waals surface area contributed by atoms with Gasteiger partial charge in [0, 0.05) is 27.4 Å². The van der Waals surface area contributed by atoms with Gasteiger partial charge in [-0.3, -0.25) is 14.4 Å². The summed E-state index contributed by atoms with van der Waals surface area (Å²) >= 11 is 1.28. The fourth-order valence-electron chi connectivity index (χ4n) is 4.67. The van der Waals surface area contributed by atoms with Gasteiger partial charge in [0.2, 0.25) is 5.91 Å². The molecule has 0 saturated heterocycles. The number of rotatable bonds is 12. The van der Waals surface area contributed by atoms with Crippen molar-refractivity contribution in [3.05, 3.63) is 161 Å². The number of carbonyl (C=O) groups is 4. The topological polar surface area (TPSA) is 134 Å². The zero-order chi connectivity index (χ0) is 33.9. The van der Waals surface area contributed by atoms with Crippen molar-refractivity contribution in [2.45, 2.75) is 10.1 Å². The lowest BCUT2D eigenvalue weighted by atomic mass is 10.1. The molecule has 3 amide bonds. The highest BCUT2D eigenvalue weighted by atomic mass is 32.2. The maximum atomic E-state index is 13.7. The van der Waals surface area contributed by atoms with Crippen LogP contribution in [0.5, 0.6) is 5.75 Å². The van der Waals surface area contributed by atoms with Gasteiger partial charge in [0.15, 0.2) is 0 Å². The van der Waals surface area contributed by atoms with Crippen molar-refractivity contribution >= 4 is 52.9 Å². The van der Waals surface area contributed by atoms with Crippen molar-refractivity contribution in [1.29, 1.82) is 0 Å². The first-order chi connectivity index (χ1) is 23.3. The molecule has 10 heteroatoms. The number of benzene rings is 5. The highest BCUT2D eigenvalue weighted by Crippen LogP contribution is 2.37. The molecule has 0 aliphatic carbocycles. The van der Waals surface area contributed by atoms with E-state index in [-0.39, 0.29) is 17.2 Å². The molecular weight excluding hydrogens is 626 g/mol. The zero-order valence-electron chi connectivity index (χ0n) is 25.8. The predicted octanol–water partition coefficient (Wildman–Crippen LogP) is 7.28. The lowest BCUT2D eigenvalue weighted by molar-refractivity contribution is -0.116. The fraction of sp³-hybridized carbons (Fsp3) is 0.0526. The second-order valence-electron chi connectivity index (χ2n) is 10.4. The average molecular weight is 658 g/mol. The molecule has 0 aliphatic rings. The molecule has 5 aromatic carbocycles. The fourth-order valence-corrected chi connectivity index (χ4v) is 5.75. The molecule has 240 valence electrons. The summed E-state index contributed by atoms with van der Waals surface area (Å²) in [6, 6.07) is 37.9. The molecule has 48 heavy (non-hydrogen) atoms. The van der Waals surface area contributed by atoms with Gasteiger partial charge in [-0.05, 0) is 72.3 Å². The maximum Gasteiger partial charge on any atom is 0.335 e. The van der Waals surface area contributed by atoms with Crippen LogP contribution in [0.3, 0.4) is 0 Å². The van der Waals surface area contributed by atoms with Gasteiger partial charge in [0.05, 0.1) is 12.7 Å². The zero-order valence-corrected chi connectivity index (χ0v) is 26.6. The third-order valence-corrected chi connectivity index (χ3v) is 8.30. The van der Waals surface area contributed by atoms with E-state index < -0.39 is 23.0 Å². The molecule has 0 radical (unpaired) electrons. The summed E-state index contributed by atoms with van der Waals surface area (Å²) in [4.78, 5) is 52.2. The molecule has 0 spiro atoms. The van der Waals surface area contributed by atoms with E-state index in [0.717, 1.165) is 5.56 Å². The van der Waals surface area contributed by atoms with E-state index in [1.54, 1.807) is 78.9 Å². The Balaban J connectivity index is 1.38. The summed E-state index contributed by atoms with van der Waals surface area (Å²) < 4.78 is 5.45. The number of hydrogen-bond acceptors (Lipinski definition) is 6. The van der Waals surface area contributed by atoms with Crippen LogP contribution in [0.4, 0.5) is 11.4 Å². The van der Waals surface area contributed by atoms with E-state index in [1.807, 2.05) is 36.4 Å². The summed E-state index contributed by atoms with van der Waals surface area (Å²) in [6.45, 7) is 0. The van der Waals surface area contributed by atoms with Gasteiger partial charge in [-0.15, -0.1) is 11.8 Å². The molecule has 0 aromatic heterocycles. The lowest BCUT2D eigenvalue weighted by Gasteiger charge is -2.18. The quantitative estimate of drug-likeness (QED) is 0.0819. The van der Waals surface area contributed by atoms with Crippen molar-refractivity contribution in [2.75, 3.05) is 17.7 Å². The summed E-state index contributed by atoms with van der Waals surface area (Å²) in [7, 11) is 1.52. The standard InChI is InChI=1S/C38H31N3O6S/c1-47-33-18-9-8-15-28(33)23-32(41-35(42)26-13-6-3-7-14-26)36(43)40-30-16-10-17-31(24-30)48-34(25-11-4-2-5-12-25)37(44)39-29-21-19-27(20-22-29)38(45)46/h2-24,34H,1H3,(H,39,44)(H,40,43)(H,41,42)(H,45,46)/b32-23+. The normalized spacial score (nSPS) is 11.6. The molecule has 5 aromatic rings. The number of nitrogens with one attached hydrogen (secondary N) is 3. The molecule has 4 N–H and O–H groups in total. The van der Waals surface area contributed by atoms with Gasteiger partial charge < -0.3 is 25.8 Å². The number of hydrogen-bond donors (Lipinski definition) is 4. The number of carbonyl (C=O) groups excluding carboxylic acids is 3. The Hall–Kier alpha value is -6.13. The summed E-state index contributed by atoms with van der Waals surface area (Å²) in [5, 5.41) is 17.0. The number of methoxy groups -OCH3 is 1. The molecule has 0 aliphatic heterocycles. The van der Waals surface area contributed by atoms with Gasteiger partial charge >= 0.3 is 5.97 Å². The second-order valence-corrected chi connectivity index (χ2v) is 11.6. The first kappa shape index (κ1) is 33.2. The van der Waals surface area contributed by atoms with E-state index in [2.05, 4.69) is 16.0 Å². The third-order valence-electron chi connectivity index (χ3n) is 7.05. The highest BCUT2D eigenvalue weighted by molar-refractivity contribution is 8.00. The Morgan fingerprint density at radius 3 is 2.06 bits per heavy atom. The molecule has 9 nitrogen and oxygen atoms in total. The number of amides is 3. The van der Waals surface area contributed by atoms with Gasteiger partial charge in [0.25, 0.3) is 11.8 Å². The predicted molar refractivity (Wildman–Crippen MR) is 187 cm³/mol. The van der Waals surface area contributed by atoms with Crippen LogP contribution >= 0.6 is 11.8 Å². The molecule has 1 unspecified atom stereocenters. The summed E-state index contributed by atoms with van der Waals surface area (Å²) in [6.07, 6.45) is 1.55. The Bertz CT molecular complexity index is 1950. The first-order valence-electron chi connectivity index (χ1n) is 14.8. The third kappa shape index (κ3) is 8.77. The number of para-hydroxylation sites is 1. The van der Waals surface area contributed by atoms with Crippen molar-refractivity contribution in [3.8, 4) is 5.75 Å². The molecule has 0 heterocycles. The number of ether oxygens (including phenoxy) is 1. The smallest absolute Gasteiger partial charge is 0.335 e.